The molecule has 2 amide bonds. The summed E-state index contributed by atoms with van der Waals surface area (Å²) >= 11 is 0. The van der Waals surface area contributed by atoms with E-state index < -0.39 is 0 Å². The number of urea groups is 1. The van der Waals surface area contributed by atoms with E-state index in [0.29, 0.717) is 30.6 Å². The molecule has 0 aromatic heterocycles. The van der Waals surface area contributed by atoms with Gasteiger partial charge in [-0.05, 0) is 63.5 Å². The van der Waals surface area contributed by atoms with Crippen LogP contribution in [0.15, 0.2) is 30.3 Å². The topological polar surface area (TPSA) is 35.6 Å². The Balaban J connectivity index is 1.40. The van der Waals surface area contributed by atoms with Crippen LogP contribution in [-0.2, 0) is 6.54 Å². The standard InChI is InChI=1S/C21H31N3O/c1-16(18-9-10-18)24(15-17-6-3-2-4-7-17)21(25)22-19-11-13-23-12-5-8-20(23)14-19/h2-4,6-7,16,18-20H,5,8-15H2,1H3,(H,22,25). The van der Waals surface area contributed by atoms with Crippen LogP contribution in [0.2, 0.25) is 0 Å². The fourth-order valence-corrected chi connectivity index (χ4v) is 4.63. The molecule has 1 aromatic rings. The summed E-state index contributed by atoms with van der Waals surface area (Å²) in [5.74, 6) is 0.686. The van der Waals surface area contributed by atoms with Crippen molar-refractivity contribution in [3.05, 3.63) is 35.9 Å². The summed E-state index contributed by atoms with van der Waals surface area (Å²) in [4.78, 5) is 17.8. The molecular formula is C21H31N3O. The maximum atomic E-state index is 13.1. The van der Waals surface area contributed by atoms with Crippen LogP contribution in [0, 0.1) is 5.92 Å². The number of hydrogen-bond donors (Lipinski definition) is 1. The molecule has 1 saturated carbocycles. The highest BCUT2D eigenvalue weighted by molar-refractivity contribution is 5.75. The van der Waals surface area contributed by atoms with Gasteiger partial charge in [0.2, 0.25) is 0 Å². The van der Waals surface area contributed by atoms with Crippen molar-refractivity contribution in [2.24, 2.45) is 5.92 Å². The summed E-state index contributed by atoms with van der Waals surface area (Å²) in [6.45, 7) is 5.34. The van der Waals surface area contributed by atoms with Gasteiger partial charge < -0.3 is 15.1 Å². The monoisotopic (exact) mass is 341 g/mol. The van der Waals surface area contributed by atoms with Gasteiger partial charge in [0, 0.05) is 31.2 Å². The number of piperidine rings is 1. The van der Waals surface area contributed by atoms with Gasteiger partial charge in [-0.2, -0.15) is 0 Å². The number of nitrogens with zero attached hydrogens (tertiary/aromatic N) is 2. The Kier molecular flexibility index (Phi) is 4.98. The number of rotatable bonds is 5. The lowest BCUT2D eigenvalue weighted by Gasteiger charge is -2.37. The molecule has 2 saturated heterocycles. The molecule has 3 unspecified atom stereocenters. The first kappa shape index (κ1) is 16.9. The van der Waals surface area contributed by atoms with E-state index in [4.69, 9.17) is 0 Å². The summed E-state index contributed by atoms with van der Waals surface area (Å²) in [7, 11) is 0. The lowest BCUT2D eigenvalue weighted by Crippen LogP contribution is -2.52. The Hall–Kier alpha value is -1.55. The minimum Gasteiger partial charge on any atom is -0.335 e. The van der Waals surface area contributed by atoms with Gasteiger partial charge in [-0.25, -0.2) is 4.79 Å². The van der Waals surface area contributed by atoms with Crippen LogP contribution in [0.5, 0.6) is 0 Å². The summed E-state index contributed by atoms with van der Waals surface area (Å²) < 4.78 is 0. The average molecular weight is 341 g/mol. The summed E-state index contributed by atoms with van der Waals surface area (Å²) in [6.07, 6.45) is 7.38. The zero-order valence-electron chi connectivity index (χ0n) is 15.4. The molecular weight excluding hydrogens is 310 g/mol. The third kappa shape index (κ3) is 4.00. The maximum Gasteiger partial charge on any atom is 0.318 e. The molecule has 136 valence electrons. The van der Waals surface area contributed by atoms with Crippen LogP contribution in [0.25, 0.3) is 0 Å². The second-order valence-electron chi connectivity index (χ2n) is 8.19. The number of hydrogen-bond acceptors (Lipinski definition) is 2. The Labute approximate surface area is 151 Å². The van der Waals surface area contributed by atoms with Gasteiger partial charge in [-0.15, -0.1) is 0 Å². The highest BCUT2D eigenvalue weighted by atomic mass is 16.2. The second-order valence-corrected chi connectivity index (χ2v) is 8.19. The van der Waals surface area contributed by atoms with Gasteiger partial charge in [0.15, 0.2) is 0 Å². The number of carbonyl (C=O) groups excluding carboxylic acids is 1. The Morgan fingerprint density at radius 1 is 1.20 bits per heavy atom. The van der Waals surface area contributed by atoms with E-state index in [1.54, 1.807) is 0 Å². The molecule has 1 N–H and O–H groups in total. The summed E-state index contributed by atoms with van der Waals surface area (Å²) in [6, 6.07) is 11.9. The zero-order valence-corrected chi connectivity index (χ0v) is 15.4. The van der Waals surface area contributed by atoms with E-state index in [9.17, 15) is 4.79 Å². The number of amides is 2. The minimum atomic E-state index is 0.139. The number of nitrogens with one attached hydrogen (secondary N) is 1. The number of fused-ring (bicyclic) bond motifs is 1. The molecule has 1 aliphatic carbocycles. The molecule has 3 aliphatic rings. The van der Waals surface area contributed by atoms with Crippen molar-refractivity contribution in [2.75, 3.05) is 13.1 Å². The molecule has 4 heteroatoms. The maximum absolute atomic E-state index is 13.1. The molecule has 3 atom stereocenters. The first-order chi connectivity index (χ1) is 12.2. The normalized spacial score (nSPS) is 27.6. The lowest BCUT2D eigenvalue weighted by atomic mass is 9.98. The molecule has 4 nitrogen and oxygen atoms in total. The molecule has 0 radical (unpaired) electrons. The Morgan fingerprint density at radius 3 is 2.76 bits per heavy atom. The van der Waals surface area contributed by atoms with E-state index in [2.05, 4.69) is 46.3 Å². The zero-order chi connectivity index (χ0) is 17.2. The molecule has 4 rings (SSSR count). The molecule has 2 aliphatic heterocycles. The second kappa shape index (κ2) is 7.36. The number of carbonyl (C=O) groups is 1. The molecule has 0 bridgehead atoms. The van der Waals surface area contributed by atoms with Gasteiger partial charge >= 0.3 is 6.03 Å². The van der Waals surface area contributed by atoms with E-state index >= 15 is 0 Å². The first-order valence-corrected chi connectivity index (χ1v) is 10.1. The van der Waals surface area contributed by atoms with Crippen molar-refractivity contribution in [3.63, 3.8) is 0 Å². The summed E-state index contributed by atoms with van der Waals surface area (Å²) in [5.41, 5.74) is 1.22. The van der Waals surface area contributed by atoms with Crippen molar-refractivity contribution in [1.82, 2.24) is 15.1 Å². The van der Waals surface area contributed by atoms with Gasteiger partial charge in [-0.3, -0.25) is 0 Å². The van der Waals surface area contributed by atoms with Gasteiger partial charge in [0.1, 0.15) is 0 Å². The molecule has 25 heavy (non-hydrogen) atoms. The predicted octanol–water partition coefficient (Wildman–Crippen LogP) is 3.62. The Morgan fingerprint density at radius 2 is 2.00 bits per heavy atom. The first-order valence-electron chi connectivity index (χ1n) is 10.1. The van der Waals surface area contributed by atoms with E-state index in [1.165, 1.54) is 37.8 Å². The third-order valence-electron chi connectivity index (χ3n) is 6.40. The summed E-state index contributed by atoms with van der Waals surface area (Å²) in [5, 5.41) is 3.38. The van der Waals surface area contributed by atoms with Crippen LogP contribution >= 0.6 is 0 Å². The van der Waals surface area contributed by atoms with Crippen molar-refractivity contribution in [3.8, 4) is 0 Å². The predicted molar refractivity (Wildman–Crippen MR) is 100 cm³/mol. The largest absolute Gasteiger partial charge is 0.335 e. The van der Waals surface area contributed by atoms with Gasteiger partial charge in [0.25, 0.3) is 0 Å². The highest BCUT2D eigenvalue weighted by Gasteiger charge is 2.36. The van der Waals surface area contributed by atoms with Crippen LogP contribution in [0.4, 0.5) is 4.79 Å². The average Bonchev–Trinajstić information content (AvgIpc) is 3.38. The molecule has 1 aromatic carbocycles. The van der Waals surface area contributed by atoms with Crippen molar-refractivity contribution < 1.29 is 4.79 Å². The number of benzene rings is 1. The molecule has 3 fully saturated rings. The van der Waals surface area contributed by atoms with E-state index in [0.717, 1.165) is 19.4 Å². The SMILES string of the molecule is CC(C1CC1)N(Cc1ccccc1)C(=O)NC1CCN2CCCC2C1. The third-order valence-corrected chi connectivity index (χ3v) is 6.40. The lowest BCUT2D eigenvalue weighted by molar-refractivity contribution is 0.141. The van der Waals surface area contributed by atoms with E-state index in [1.807, 2.05) is 6.07 Å². The quantitative estimate of drug-likeness (QED) is 0.888. The molecule has 2 heterocycles. The van der Waals surface area contributed by atoms with Crippen LogP contribution < -0.4 is 5.32 Å². The van der Waals surface area contributed by atoms with Crippen LogP contribution in [-0.4, -0.2) is 47.0 Å². The van der Waals surface area contributed by atoms with E-state index in [-0.39, 0.29) is 6.03 Å². The van der Waals surface area contributed by atoms with Gasteiger partial charge in [0.05, 0.1) is 0 Å². The van der Waals surface area contributed by atoms with Crippen LogP contribution in [0.3, 0.4) is 0 Å². The van der Waals surface area contributed by atoms with Crippen LogP contribution in [0.1, 0.15) is 51.0 Å². The fraction of sp³-hybridized carbons (Fsp3) is 0.667. The smallest absolute Gasteiger partial charge is 0.318 e. The van der Waals surface area contributed by atoms with Crippen molar-refractivity contribution in [1.29, 1.82) is 0 Å². The fourth-order valence-electron chi connectivity index (χ4n) is 4.63. The minimum absolute atomic E-state index is 0.139. The van der Waals surface area contributed by atoms with Crippen molar-refractivity contribution >= 4 is 6.03 Å². The van der Waals surface area contributed by atoms with Crippen molar-refractivity contribution in [2.45, 2.75) is 70.1 Å². The highest BCUT2D eigenvalue weighted by Crippen LogP contribution is 2.36. The Bertz CT molecular complexity index is 586. The molecule has 0 spiro atoms. The van der Waals surface area contributed by atoms with Gasteiger partial charge in [-0.1, -0.05) is 30.3 Å².